The van der Waals surface area contributed by atoms with Crippen molar-refractivity contribution in [2.75, 3.05) is 27.2 Å². The van der Waals surface area contributed by atoms with Crippen LogP contribution in [0, 0.1) is 0 Å². The van der Waals surface area contributed by atoms with Crippen LogP contribution in [0.4, 0.5) is 0 Å². The Morgan fingerprint density at radius 2 is 2.07 bits per heavy atom. The Kier molecular flexibility index (Phi) is 5.82. The van der Waals surface area contributed by atoms with Crippen molar-refractivity contribution in [3.8, 4) is 0 Å². The maximum absolute atomic E-state index is 3.57. The minimum Gasteiger partial charge on any atom is -0.318 e. The van der Waals surface area contributed by atoms with Gasteiger partial charge in [-0.15, -0.1) is 0 Å². The van der Waals surface area contributed by atoms with Gasteiger partial charge in [-0.05, 0) is 31.8 Å². The molecule has 0 aliphatic heterocycles. The Labute approximate surface area is 108 Å². The SMILES string of the molecule is CNCCN(C)Cc1ccc(Br)cc1Br. The highest BCUT2D eigenvalue weighted by atomic mass is 79.9. The molecule has 0 aliphatic rings. The molecule has 1 N–H and O–H groups in total. The zero-order valence-corrected chi connectivity index (χ0v) is 12.2. The van der Waals surface area contributed by atoms with Gasteiger partial charge in [0.25, 0.3) is 0 Å². The highest BCUT2D eigenvalue weighted by Gasteiger charge is 2.03. The molecule has 15 heavy (non-hydrogen) atoms. The minimum atomic E-state index is 0.968. The van der Waals surface area contributed by atoms with Gasteiger partial charge in [-0.1, -0.05) is 37.9 Å². The molecule has 0 unspecified atom stereocenters. The Balaban J connectivity index is 2.56. The van der Waals surface area contributed by atoms with Crippen LogP contribution in [0.3, 0.4) is 0 Å². The molecule has 1 rings (SSSR count). The first-order chi connectivity index (χ1) is 7.13. The topological polar surface area (TPSA) is 15.3 Å². The lowest BCUT2D eigenvalue weighted by Gasteiger charge is -2.17. The summed E-state index contributed by atoms with van der Waals surface area (Å²) in [6.07, 6.45) is 0. The Morgan fingerprint density at radius 3 is 2.67 bits per heavy atom. The number of benzene rings is 1. The van der Waals surface area contributed by atoms with E-state index in [-0.39, 0.29) is 0 Å². The largest absolute Gasteiger partial charge is 0.318 e. The van der Waals surface area contributed by atoms with Crippen LogP contribution in [0.15, 0.2) is 27.1 Å². The lowest BCUT2D eigenvalue weighted by Crippen LogP contribution is -2.27. The van der Waals surface area contributed by atoms with Crippen molar-refractivity contribution < 1.29 is 0 Å². The molecule has 1 aromatic rings. The highest BCUT2D eigenvalue weighted by molar-refractivity contribution is 9.11. The van der Waals surface area contributed by atoms with Crippen molar-refractivity contribution in [1.29, 1.82) is 0 Å². The average molecular weight is 336 g/mol. The van der Waals surface area contributed by atoms with Gasteiger partial charge < -0.3 is 10.2 Å². The van der Waals surface area contributed by atoms with Gasteiger partial charge in [-0.25, -0.2) is 0 Å². The van der Waals surface area contributed by atoms with Crippen LogP contribution in [-0.2, 0) is 6.54 Å². The fourth-order valence-corrected chi connectivity index (χ4v) is 2.49. The van der Waals surface area contributed by atoms with E-state index < -0.39 is 0 Å². The summed E-state index contributed by atoms with van der Waals surface area (Å²) in [5.74, 6) is 0. The maximum atomic E-state index is 3.57. The van der Waals surface area contributed by atoms with Gasteiger partial charge in [0.15, 0.2) is 0 Å². The van der Waals surface area contributed by atoms with Crippen molar-refractivity contribution in [3.05, 3.63) is 32.7 Å². The number of hydrogen-bond donors (Lipinski definition) is 1. The minimum absolute atomic E-state index is 0.968. The van der Waals surface area contributed by atoms with Crippen LogP contribution in [0.25, 0.3) is 0 Å². The third-order valence-electron chi connectivity index (χ3n) is 2.20. The molecule has 0 fully saturated rings. The molecule has 0 amide bonds. The molecule has 0 atom stereocenters. The summed E-state index contributed by atoms with van der Waals surface area (Å²) in [5, 5.41) is 3.15. The summed E-state index contributed by atoms with van der Waals surface area (Å²) < 4.78 is 2.27. The Bertz CT molecular complexity index is 315. The van der Waals surface area contributed by atoms with Crippen molar-refractivity contribution in [2.24, 2.45) is 0 Å². The average Bonchev–Trinajstić information content (AvgIpc) is 2.19. The van der Waals surface area contributed by atoms with Gasteiger partial charge in [0.1, 0.15) is 0 Å². The fourth-order valence-electron chi connectivity index (χ4n) is 1.32. The molecular formula is C11H16Br2N2. The number of nitrogens with one attached hydrogen (secondary N) is 1. The molecule has 2 nitrogen and oxygen atoms in total. The maximum Gasteiger partial charge on any atom is 0.0242 e. The van der Waals surface area contributed by atoms with Crippen LogP contribution in [-0.4, -0.2) is 32.1 Å². The van der Waals surface area contributed by atoms with E-state index in [9.17, 15) is 0 Å². The highest BCUT2D eigenvalue weighted by Crippen LogP contribution is 2.22. The summed E-state index contributed by atoms with van der Waals surface area (Å²) in [6.45, 7) is 3.04. The van der Waals surface area contributed by atoms with Crippen LogP contribution in [0.2, 0.25) is 0 Å². The van der Waals surface area contributed by atoms with Crippen molar-refractivity contribution in [2.45, 2.75) is 6.54 Å². The van der Waals surface area contributed by atoms with Crippen molar-refractivity contribution in [3.63, 3.8) is 0 Å². The second-order valence-electron chi connectivity index (χ2n) is 3.58. The molecule has 84 valence electrons. The molecule has 0 heterocycles. The summed E-state index contributed by atoms with van der Waals surface area (Å²) in [7, 11) is 4.11. The molecule has 0 radical (unpaired) electrons. The van der Waals surface area contributed by atoms with Gasteiger partial charge in [0.05, 0.1) is 0 Å². The van der Waals surface area contributed by atoms with E-state index in [4.69, 9.17) is 0 Å². The predicted molar refractivity (Wildman–Crippen MR) is 72.1 cm³/mol. The zero-order chi connectivity index (χ0) is 11.3. The molecule has 0 spiro atoms. The molecular weight excluding hydrogens is 320 g/mol. The van der Waals surface area contributed by atoms with Gasteiger partial charge in [-0.2, -0.15) is 0 Å². The van der Waals surface area contributed by atoms with Gasteiger partial charge in [-0.3, -0.25) is 0 Å². The Hall–Kier alpha value is 0.1000. The zero-order valence-electron chi connectivity index (χ0n) is 9.06. The van der Waals surface area contributed by atoms with Crippen molar-refractivity contribution in [1.82, 2.24) is 10.2 Å². The fraction of sp³-hybridized carbons (Fsp3) is 0.455. The third kappa shape index (κ3) is 4.64. The second-order valence-corrected chi connectivity index (χ2v) is 5.35. The van der Waals surface area contributed by atoms with E-state index in [1.165, 1.54) is 5.56 Å². The second kappa shape index (κ2) is 6.63. The van der Waals surface area contributed by atoms with Crippen LogP contribution >= 0.6 is 31.9 Å². The molecule has 0 bridgehead atoms. The molecule has 4 heteroatoms. The first-order valence-electron chi connectivity index (χ1n) is 4.90. The Morgan fingerprint density at radius 1 is 1.33 bits per heavy atom. The number of halogens is 2. The van der Waals surface area contributed by atoms with Crippen molar-refractivity contribution >= 4 is 31.9 Å². The lowest BCUT2D eigenvalue weighted by atomic mass is 10.2. The van der Waals surface area contributed by atoms with E-state index in [0.717, 1.165) is 28.6 Å². The van der Waals surface area contributed by atoms with Gasteiger partial charge >= 0.3 is 0 Å². The molecule has 0 saturated carbocycles. The first-order valence-corrected chi connectivity index (χ1v) is 6.49. The van der Waals surface area contributed by atoms with Crippen LogP contribution in [0.5, 0.6) is 0 Å². The number of rotatable bonds is 5. The normalized spacial score (nSPS) is 11.0. The van der Waals surface area contributed by atoms with E-state index >= 15 is 0 Å². The predicted octanol–water partition coefficient (Wildman–Crippen LogP) is 2.86. The first kappa shape index (κ1) is 13.2. The summed E-state index contributed by atoms with van der Waals surface area (Å²) in [6, 6.07) is 6.30. The van der Waals surface area contributed by atoms with Crippen LogP contribution < -0.4 is 5.32 Å². The van der Waals surface area contributed by atoms with E-state index in [1.54, 1.807) is 0 Å². The standard InChI is InChI=1S/C11H16Br2N2/c1-14-5-6-15(2)8-9-3-4-10(12)7-11(9)13/h3-4,7,14H,5-6,8H2,1-2H3. The third-order valence-corrected chi connectivity index (χ3v) is 3.43. The summed E-state index contributed by atoms with van der Waals surface area (Å²) in [4.78, 5) is 2.30. The van der Waals surface area contributed by atoms with Crippen LogP contribution in [0.1, 0.15) is 5.56 Å². The number of nitrogens with zero attached hydrogens (tertiary/aromatic N) is 1. The smallest absolute Gasteiger partial charge is 0.0242 e. The quantitative estimate of drug-likeness (QED) is 0.890. The van der Waals surface area contributed by atoms with E-state index in [0.29, 0.717) is 0 Å². The molecule has 0 aromatic heterocycles. The molecule has 0 saturated heterocycles. The monoisotopic (exact) mass is 334 g/mol. The summed E-state index contributed by atoms with van der Waals surface area (Å²) in [5.41, 5.74) is 1.32. The number of hydrogen-bond acceptors (Lipinski definition) is 2. The van der Waals surface area contributed by atoms with E-state index in [1.807, 2.05) is 7.05 Å². The molecule has 0 aliphatic carbocycles. The van der Waals surface area contributed by atoms with Gasteiger partial charge in [0, 0.05) is 28.6 Å². The number of likely N-dealkylation sites (N-methyl/N-ethyl adjacent to an activating group) is 2. The lowest BCUT2D eigenvalue weighted by molar-refractivity contribution is 0.327. The van der Waals surface area contributed by atoms with Gasteiger partial charge in [0.2, 0.25) is 0 Å². The molecule has 1 aromatic carbocycles. The van der Waals surface area contributed by atoms with E-state index in [2.05, 4.69) is 67.3 Å². The summed E-state index contributed by atoms with van der Waals surface area (Å²) >= 11 is 7.02.